The number of rotatable bonds is 9. The predicted molar refractivity (Wildman–Crippen MR) is 129 cm³/mol. The van der Waals surface area contributed by atoms with Crippen LogP contribution < -0.4 is 4.72 Å². The molecule has 2 aromatic rings. The van der Waals surface area contributed by atoms with Gasteiger partial charge in [0.2, 0.25) is 4.90 Å². The van der Waals surface area contributed by atoms with E-state index in [4.69, 9.17) is 0 Å². The van der Waals surface area contributed by atoms with Crippen LogP contribution in [-0.4, -0.2) is 39.4 Å². The van der Waals surface area contributed by atoms with E-state index < -0.39 is 10.4 Å². The molecule has 1 saturated heterocycles. The molecular formula is C24H39N4O2S+. The van der Waals surface area contributed by atoms with Crippen LogP contribution in [0.5, 0.6) is 0 Å². The maximum Gasteiger partial charge on any atom is 0.346 e. The molecule has 1 aromatic carbocycles. The normalized spacial score (nSPS) is 17.8. The lowest BCUT2D eigenvalue weighted by atomic mass is 9.91. The molecule has 0 radical (unpaired) electrons. The molecule has 0 bridgehead atoms. The van der Waals surface area contributed by atoms with Gasteiger partial charge in [-0.3, -0.25) is 4.68 Å². The highest BCUT2D eigenvalue weighted by Crippen LogP contribution is 2.28. The summed E-state index contributed by atoms with van der Waals surface area (Å²) in [6.45, 7) is 8.59. The number of nitrogens with zero attached hydrogens (tertiary/aromatic N) is 3. The summed E-state index contributed by atoms with van der Waals surface area (Å²) in [5, 5.41) is 4.53. The number of hydrogen-bond donors (Lipinski definition) is 2. The first-order valence-electron chi connectivity index (χ1n) is 11.5. The van der Waals surface area contributed by atoms with Gasteiger partial charge < -0.3 is 4.90 Å². The van der Waals surface area contributed by atoms with Gasteiger partial charge in [-0.15, -0.1) is 0 Å². The summed E-state index contributed by atoms with van der Waals surface area (Å²) in [7, 11) is 0.668. The van der Waals surface area contributed by atoms with Crippen molar-refractivity contribution < 1.29 is 8.76 Å². The number of aromatic nitrogens is 2. The van der Waals surface area contributed by atoms with Crippen molar-refractivity contribution in [2.45, 2.75) is 64.2 Å². The molecule has 31 heavy (non-hydrogen) atoms. The van der Waals surface area contributed by atoms with Gasteiger partial charge in [0.15, 0.2) is 0 Å². The Kier molecular flexibility index (Phi) is 7.94. The van der Waals surface area contributed by atoms with Gasteiger partial charge in [0.05, 0.1) is 11.4 Å². The van der Waals surface area contributed by atoms with Gasteiger partial charge in [-0.05, 0) is 92.9 Å². The second-order valence-electron chi connectivity index (χ2n) is 9.54. The molecule has 3 rings (SSSR count). The second-order valence-corrected chi connectivity index (χ2v) is 11.3. The van der Waals surface area contributed by atoms with E-state index >= 15 is 0 Å². The second kappa shape index (κ2) is 10.3. The molecule has 0 spiro atoms. The van der Waals surface area contributed by atoms with Crippen LogP contribution in [0.4, 0.5) is 5.69 Å². The third-order valence-electron chi connectivity index (χ3n) is 6.41. The zero-order valence-corrected chi connectivity index (χ0v) is 20.5. The maximum absolute atomic E-state index is 13.1. The van der Waals surface area contributed by atoms with E-state index in [0.29, 0.717) is 16.5 Å². The minimum atomic E-state index is -3.40. The predicted octanol–water partition coefficient (Wildman–Crippen LogP) is 4.95. The van der Waals surface area contributed by atoms with E-state index in [1.807, 2.05) is 26.1 Å². The van der Waals surface area contributed by atoms with Crippen molar-refractivity contribution in [2.75, 3.05) is 24.9 Å². The molecule has 1 unspecified atom stereocenters. The fraction of sp³-hybridized carbons (Fsp3) is 0.625. The molecule has 1 aromatic heterocycles. The Bertz CT molecular complexity index is 899. The van der Waals surface area contributed by atoms with Crippen molar-refractivity contribution in [1.82, 2.24) is 14.7 Å². The zero-order valence-electron chi connectivity index (χ0n) is 19.7. The van der Waals surface area contributed by atoms with Crippen molar-refractivity contribution >= 4 is 16.1 Å². The van der Waals surface area contributed by atoms with Crippen LogP contribution in [0, 0.1) is 18.8 Å². The van der Waals surface area contributed by atoms with E-state index in [1.54, 1.807) is 16.8 Å². The number of nitrogens with one attached hydrogen (secondary N) is 1. The lowest BCUT2D eigenvalue weighted by Gasteiger charge is -2.28. The van der Waals surface area contributed by atoms with Crippen molar-refractivity contribution in [3.8, 4) is 0 Å². The zero-order chi connectivity index (χ0) is 22.6. The lowest BCUT2D eigenvalue weighted by molar-refractivity contribution is 0.210. The number of benzene rings is 1. The monoisotopic (exact) mass is 447 g/mol. The largest absolute Gasteiger partial charge is 0.346 e. The van der Waals surface area contributed by atoms with E-state index in [-0.39, 0.29) is 0 Å². The summed E-state index contributed by atoms with van der Waals surface area (Å²) in [5.74, 6) is 1.26. The summed E-state index contributed by atoms with van der Waals surface area (Å²) in [6.07, 6.45) is 6.84. The number of anilines is 1. The average molecular weight is 448 g/mol. The van der Waals surface area contributed by atoms with Gasteiger partial charge in [-0.1, -0.05) is 32.4 Å². The number of likely N-dealkylation sites (tertiary alicyclic amines) is 1. The molecule has 6 nitrogen and oxygen atoms in total. The number of piperidine rings is 1. The molecule has 1 aliphatic rings. The van der Waals surface area contributed by atoms with Crippen LogP contribution >= 0.6 is 0 Å². The Morgan fingerprint density at radius 1 is 1.19 bits per heavy atom. The van der Waals surface area contributed by atoms with Crippen LogP contribution in [0.2, 0.25) is 0 Å². The Morgan fingerprint density at radius 3 is 2.45 bits per heavy atom. The highest BCUT2D eigenvalue weighted by atomic mass is 32.3. The Morgan fingerprint density at radius 2 is 1.84 bits per heavy atom. The van der Waals surface area contributed by atoms with Gasteiger partial charge in [0, 0.05) is 7.05 Å². The van der Waals surface area contributed by atoms with Crippen molar-refractivity contribution in [3.63, 3.8) is 0 Å². The van der Waals surface area contributed by atoms with Crippen LogP contribution in [0.15, 0.2) is 29.2 Å². The quantitative estimate of drug-likeness (QED) is 0.534. The standard InChI is InChI=1S/C24H38N4O2S/c1-18(2)17-23-24(19(3)28(5)25-23)26-31(29,30)22-11-9-20(10-12-22)7-6-8-21-13-15-27(4)16-14-21/h9-12,18,21H,6-8,13-17H2,1-5H3,(H-,26,29,30)/p+1. The Labute approximate surface area is 188 Å². The first-order valence-corrected chi connectivity index (χ1v) is 13.0. The summed E-state index contributed by atoms with van der Waals surface area (Å²) in [5.41, 5.74) is 3.60. The summed E-state index contributed by atoms with van der Waals surface area (Å²) >= 11 is 0. The molecule has 1 atom stereocenters. The van der Waals surface area contributed by atoms with Gasteiger partial charge in [0.25, 0.3) is 0 Å². The van der Waals surface area contributed by atoms with Crippen molar-refractivity contribution in [2.24, 2.45) is 18.9 Å². The topological polar surface area (TPSA) is 70.4 Å². The SMILES string of the molecule is Cc1c(N[S+](=O)(O)c2ccc(CCCC3CCN(C)CC3)cc2)c(CC(C)C)nn1C. The Hall–Kier alpha value is -1.70. The van der Waals surface area contributed by atoms with Crippen LogP contribution in [-0.2, 0) is 34.5 Å². The smallest absolute Gasteiger partial charge is 0.306 e. The molecule has 1 aliphatic heterocycles. The minimum Gasteiger partial charge on any atom is -0.306 e. The maximum atomic E-state index is 13.1. The van der Waals surface area contributed by atoms with Gasteiger partial charge in [-0.2, -0.15) is 14.4 Å². The first kappa shape index (κ1) is 24.0. The fourth-order valence-electron chi connectivity index (χ4n) is 4.32. The summed E-state index contributed by atoms with van der Waals surface area (Å²) < 4.78 is 28.6. The van der Waals surface area contributed by atoms with Crippen molar-refractivity contribution in [1.29, 1.82) is 0 Å². The number of aryl methyl sites for hydroxylation is 2. The molecule has 0 aliphatic carbocycles. The van der Waals surface area contributed by atoms with Crippen LogP contribution in [0.1, 0.15) is 56.5 Å². The van der Waals surface area contributed by atoms with Gasteiger partial charge in [-0.25, -0.2) is 0 Å². The average Bonchev–Trinajstić information content (AvgIpc) is 2.96. The van der Waals surface area contributed by atoms with Gasteiger partial charge in [0.1, 0.15) is 5.69 Å². The molecule has 0 amide bonds. The molecule has 2 heterocycles. The number of hydrogen-bond acceptors (Lipinski definition) is 3. The lowest BCUT2D eigenvalue weighted by Crippen LogP contribution is -2.30. The summed E-state index contributed by atoms with van der Waals surface area (Å²) in [4.78, 5) is 2.82. The Balaban J connectivity index is 1.60. The van der Waals surface area contributed by atoms with Gasteiger partial charge >= 0.3 is 10.4 Å². The molecule has 172 valence electrons. The van der Waals surface area contributed by atoms with E-state index in [0.717, 1.165) is 30.1 Å². The highest BCUT2D eigenvalue weighted by molar-refractivity contribution is 7.99. The molecule has 1 fully saturated rings. The molecule has 7 heteroatoms. The minimum absolute atomic E-state index is 0.408. The fourth-order valence-corrected chi connectivity index (χ4v) is 5.49. The third kappa shape index (κ3) is 6.40. The van der Waals surface area contributed by atoms with Crippen molar-refractivity contribution in [3.05, 3.63) is 41.2 Å². The first-order chi connectivity index (χ1) is 14.7. The molecular weight excluding hydrogens is 408 g/mol. The van der Waals surface area contributed by atoms with E-state index in [2.05, 4.69) is 35.6 Å². The third-order valence-corrected chi connectivity index (χ3v) is 7.80. The van der Waals surface area contributed by atoms with E-state index in [1.165, 1.54) is 44.3 Å². The van der Waals surface area contributed by atoms with E-state index in [9.17, 15) is 8.76 Å². The van der Waals surface area contributed by atoms with Crippen LogP contribution in [0.3, 0.4) is 0 Å². The highest BCUT2D eigenvalue weighted by Gasteiger charge is 2.32. The summed E-state index contributed by atoms with van der Waals surface area (Å²) in [6, 6.07) is 7.56. The van der Waals surface area contributed by atoms with Crippen LogP contribution in [0.25, 0.3) is 0 Å². The molecule has 0 saturated carbocycles. The molecule has 2 N–H and O–H groups in total.